The Bertz CT molecular complexity index is 446. The number of hydrogen-bond donors (Lipinski definition) is 1. The van der Waals surface area contributed by atoms with Gasteiger partial charge in [-0.25, -0.2) is 0 Å². The van der Waals surface area contributed by atoms with Gasteiger partial charge in [0.2, 0.25) is 0 Å². The molecule has 0 radical (unpaired) electrons. The van der Waals surface area contributed by atoms with Crippen LogP contribution in [-0.4, -0.2) is 41.8 Å². The monoisotopic (exact) mass is 411 g/mol. The Kier molecular flexibility index (Phi) is 5.42. The van der Waals surface area contributed by atoms with Crippen LogP contribution >= 0.6 is 43.2 Å². The van der Waals surface area contributed by atoms with Gasteiger partial charge in [-0.1, -0.05) is 6.92 Å². The predicted octanol–water partition coefficient (Wildman–Crippen LogP) is 3.19. The van der Waals surface area contributed by atoms with Crippen molar-refractivity contribution in [2.24, 2.45) is 5.92 Å². The van der Waals surface area contributed by atoms with E-state index < -0.39 is 11.9 Å². The van der Waals surface area contributed by atoms with Gasteiger partial charge in [-0.15, -0.1) is 11.3 Å². The lowest BCUT2D eigenvalue weighted by Gasteiger charge is -2.28. The Morgan fingerprint density at radius 2 is 2.32 bits per heavy atom. The van der Waals surface area contributed by atoms with Crippen LogP contribution in [0.3, 0.4) is 0 Å². The molecule has 0 amide bonds. The van der Waals surface area contributed by atoms with E-state index in [1.165, 1.54) is 4.88 Å². The zero-order valence-electron chi connectivity index (χ0n) is 10.4. The number of carbonyl (C=O) groups is 1. The van der Waals surface area contributed by atoms with Crippen LogP contribution in [0.1, 0.15) is 11.8 Å². The van der Waals surface area contributed by atoms with Gasteiger partial charge in [0.25, 0.3) is 0 Å². The summed E-state index contributed by atoms with van der Waals surface area (Å²) in [5.41, 5.74) is 0. The summed E-state index contributed by atoms with van der Waals surface area (Å²) in [7, 11) is 0. The highest BCUT2D eigenvalue weighted by Gasteiger charge is 2.37. The highest BCUT2D eigenvalue weighted by atomic mass is 79.9. The van der Waals surface area contributed by atoms with Gasteiger partial charge < -0.3 is 9.84 Å². The van der Waals surface area contributed by atoms with Crippen molar-refractivity contribution in [2.75, 3.05) is 19.8 Å². The van der Waals surface area contributed by atoms with Crippen molar-refractivity contribution in [2.45, 2.75) is 19.5 Å². The van der Waals surface area contributed by atoms with Gasteiger partial charge in [0, 0.05) is 21.9 Å². The van der Waals surface area contributed by atoms with Gasteiger partial charge in [0.05, 0.1) is 22.9 Å². The number of carboxylic acid groups (broad SMARTS) is 1. The molecule has 1 aromatic rings. The smallest absolute Gasteiger partial charge is 0.310 e. The number of carboxylic acids is 1. The number of thiophene rings is 1. The molecule has 0 bridgehead atoms. The second-order valence-electron chi connectivity index (χ2n) is 4.45. The van der Waals surface area contributed by atoms with Gasteiger partial charge in [-0.3, -0.25) is 9.69 Å². The molecular formula is C12H15Br2NO3S. The van der Waals surface area contributed by atoms with Crippen LogP contribution in [0.25, 0.3) is 0 Å². The van der Waals surface area contributed by atoms with Crippen molar-refractivity contribution < 1.29 is 14.6 Å². The number of ether oxygens (including phenoxy) is 1. The predicted molar refractivity (Wildman–Crippen MR) is 81.5 cm³/mol. The second kappa shape index (κ2) is 6.67. The molecule has 2 heterocycles. The average molecular weight is 413 g/mol. The third kappa shape index (κ3) is 3.58. The van der Waals surface area contributed by atoms with E-state index >= 15 is 0 Å². The molecule has 2 rings (SSSR count). The van der Waals surface area contributed by atoms with Crippen LogP contribution in [0.2, 0.25) is 0 Å². The molecule has 19 heavy (non-hydrogen) atoms. The summed E-state index contributed by atoms with van der Waals surface area (Å²) in [5, 5.41) is 9.22. The first-order valence-corrected chi connectivity index (χ1v) is 8.41. The Labute approximate surface area is 133 Å². The largest absolute Gasteiger partial charge is 0.481 e. The fraction of sp³-hybridized carbons (Fsp3) is 0.583. The summed E-state index contributed by atoms with van der Waals surface area (Å²) in [6.07, 6.45) is 0. The summed E-state index contributed by atoms with van der Waals surface area (Å²) >= 11 is 8.62. The number of aliphatic carboxylic acids is 1. The van der Waals surface area contributed by atoms with E-state index in [1.54, 1.807) is 11.3 Å². The van der Waals surface area contributed by atoms with Crippen LogP contribution < -0.4 is 0 Å². The van der Waals surface area contributed by atoms with Gasteiger partial charge >= 0.3 is 5.97 Å². The van der Waals surface area contributed by atoms with Gasteiger partial charge in [-0.05, 0) is 44.5 Å². The number of halogens is 2. The molecule has 1 aliphatic rings. The standard InChI is InChI=1S/C12H15Br2NO3S/c1-2-15(4-7-3-9(13)11(14)19-7)10-6-18-5-8(10)12(16)17/h3,8,10H,2,4-6H2,1H3,(H,16,17). The summed E-state index contributed by atoms with van der Waals surface area (Å²) < 4.78 is 7.45. The third-order valence-corrected chi connectivity index (χ3v) is 6.54. The summed E-state index contributed by atoms with van der Waals surface area (Å²) in [6, 6.07) is 2.03. The SMILES string of the molecule is CCN(Cc1cc(Br)c(Br)s1)C1COCC1C(=O)O. The van der Waals surface area contributed by atoms with E-state index in [2.05, 4.69) is 49.7 Å². The molecule has 2 atom stereocenters. The molecule has 0 aliphatic carbocycles. The molecule has 1 fully saturated rings. The highest BCUT2D eigenvalue weighted by Crippen LogP contribution is 2.34. The van der Waals surface area contributed by atoms with E-state index in [0.717, 1.165) is 21.3 Å². The normalized spacial score (nSPS) is 23.2. The average Bonchev–Trinajstić information content (AvgIpc) is 2.94. The minimum Gasteiger partial charge on any atom is -0.481 e. The van der Waals surface area contributed by atoms with Crippen LogP contribution in [-0.2, 0) is 16.1 Å². The van der Waals surface area contributed by atoms with Crippen molar-refractivity contribution >= 4 is 49.2 Å². The molecule has 1 saturated heterocycles. The lowest BCUT2D eigenvalue weighted by Crippen LogP contribution is -2.42. The Morgan fingerprint density at radius 1 is 1.58 bits per heavy atom. The lowest BCUT2D eigenvalue weighted by atomic mass is 10.0. The van der Waals surface area contributed by atoms with Crippen molar-refractivity contribution in [3.05, 3.63) is 19.2 Å². The molecule has 106 valence electrons. The first-order valence-electron chi connectivity index (χ1n) is 6.01. The number of rotatable bonds is 5. The van der Waals surface area contributed by atoms with Gasteiger partial charge in [0.15, 0.2) is 0 Å². The minimum atomic E-state index is -0.769. The molecule has 0 spiro atoms. The van der Waals surface area contributed by atoms with Gasteiger partial charge in [-0.2, -0.15) is 0 Å². The maximum Gasteiger partial charge on any atom is 0.310 e. The van der Waals surface area contributed by atoms with Crippen molar-refractivity contribution in [3.8, 4) is 0 Å². The number of nitrogens with zero attached hydrogens (tertiary/aromatic N) is 1. The van der Waals surface area contributed by atoms with E-state index in [9.17, 15) is 9.90 Å². The Hall–Kier alpha value is 0.0500. The fourth-order valence-electron chi connectivity index (χ4n) is 2.27. The first-order chi connectivity index (χ1) is 9.02. The molecule has 4 nitrogen and oxygen atoms in total. The van der Waals surface area contributed by atoms with E-state index in [1.807, 2.05) is 0 Å². The van der Waals surface area contributed by atoms with Crippen LogP contribution in [0.4, 0.5) is 0 Å². The van der Waals surface area contributed by atoms with Gasteiger partial charge in [0.1, 0.15) is 0 Å². The number of hydrogen-bond acceptors (Lipinski definition) is 4. The molecule has 1 N–H and O–H groups in total. The van der Waals surface area contributed by atoms with E-state index in [0.29, 0.717) is 13.2 Å². The maximum absolute atomic E-state index is 11.2. The van der Waals surface area contributed by atoms with Crippen molar-refractivity contribution in [1.29, 1.82) is 0 Å². The molecule has 0 aromatic carbocycles. The lowest BCUT2D eigenvalue weighted by molar-refractivity contribution is -0.143. The van der Waals surface area contributed by atoms with Crippen molar-refractivity contribution in [1.82, 2.24) is 4.90 Å². The van der Waals surface area contributed by atoms with Crippen LogP contribution in [0, 0.1) is 5.92 Å². The summed E-state index contributed by atoms with van der Waals surface area (Å²) in [4.78, 5) is 14.6. The zero-order valence-corrected chi connectivity index (χ0v) is 14.4. The zero-order chi connectivity index (χ0) is 14.0. The molecular weight excluding hydrogens is 398 g/mol. The summed E-state index contributed by atoms with van der Waals surface area (Å²) in [5.74, 6) is -1.19. The first kappa shape index (κ1) is 15.4. The van der Waals surface area contributed by atoms with E-state index in [4.69, 9.17) is 4.74 Å². The topological polar surface area (TPSA) is 49.8 Å². The van der Waals surface area contributed by atoms with Crippen molar-refractivity contribution in [3.63, 3.8) is 0 Å². The second-order valence-corrected chi connectivity index (χ2v) is 7.76. The molecule has 1 aromatic heterocycles. The Balaban J connectivity index is 2.09. The van der Waals surface area contributed by atoms with E-state index in [-0.39, 0.29) is 6.04 Å². The molecule has 2 unspecified atom stereocenters. The maximum atomic E-state index is 11.2. The van der Waals surface area contributed by atoms with Crippen LogP contribution in [0.5, 0.6) is 0 Å². The third-order valence-electron chi connectivity index (χ3n) is 3.30. The molecule has 1 aliphatic heterocycles. The summed E-state index contributed by atoms with van der Waals surface area (Å²) in [6.45, 7) is 4.43. The molecule has 7 heteroatoms. The quantitative estimate of drug-likeness (QED) is 0.806. The van der Waals surface area contributed by atoms with Crippen LogP contribution in [0.15, 0.2) is 14.3 Å². The minimum absolute atomic E-state index is 0.0397. The Morgan fingerprint density at radius 3 is 2.84 bits per heavy atom. The fourth-order valence-corrected chi connectivity index (χ4v) is 4.47. The number of likely N-dealkylation sites (N-methyl/N-ethyl adjacent to an activating group) is 1. The molecule has 0 saturated carbocycles. The highest BCUT2D eigenvalue weighted by molar-refractivity contribution is 9.13.